The molecule has 0 aliphatic carbocycles. The van der Waals surface area contributed by atoms with Crippen molar-refractivity contribution in [2.75, 3.05) is 11.1 Å². The van der Waals surface area contributed by atoms with E-state index in [1.54, 1.807) is 0 Å². The largest absolute Gasteiger partial charge is 0.335 e. The first-order valence-electron chi connectivity index (χ1n) is 6.53. The van der Waals surface area contributed by atoms with Crippen LogP contribution in [0.1, 0.15) is 30.5 Å². The molecule has 0 aromatic heterocycles. The Labute approximate surface area is 114 Å². The number of benzene rings is 1. The molecule has 0 fully saturated rings. The summed E-state index contributed by atoms with van der Waals surface area (Å²) >= 11 is 1.83. The summed E-state index contributed by atoms with van der Waals surface area (Å²) in [6, 6.07) is 4.85. The van der Waals surface area contributed by atoms with Crippen molar-refractivity contribution in [2.45, 2.75) is 40.7 Å². The molecule has 1 aliphatic rings. The fourth-order valence-electron chi connectivity index (χ4n) is 2.25. The van der Waals surface area contributed by atoms with Gasteiger partial charge in [-0.25, -0.2) is 0 Å². The van der Waals surface area contributed by atoms with Crippen molar-refractivity contribution >= 4 is 22.6 Å². The van der Waals surface area contributed by atoms with Crippen molar-refractivity contribution in [3.8, 4) is 0 Å². The zero-order chi connectivity index (χ0) is 13.3. The van der Waals surface area contributed by atoms with Gasteiger partial charge >= 0.3 is 0 Å². The van der Waals surface area contributed by atoms with E-state index >= 15 is 0 Å². The lowest BCUT2D eigenvalue weighted by molar-refractivity contribution is 0.537. The molecule has 18 heavy (non-hydrogen) atoms. The van der Waals surface area contributed by atoms with E-state index in [0.29, 0.717) is 12.0 Å². The lowest BCUT2D eigenvalue weighted by Crippen LogP contribution is -2.25. The van der Waals surface area contributed by atoms with Crippen LogP contribution >= 0.6 is 11.8 Å². The van der Waals surface area contributed by atoms with Gasteiger partial charge in [-0.1, -0.05) is 36.4 Å². The van der Waals surface area contributed by atoms with Gasteiger partial charge in [-0.15, -0.1) is 0 Å². The molecule has 1 heterocycles. The minimum atomic E-state index is 0.416. The molecular weight excluding hydrogens is 240 g/mol. The van der Waals surface area contributed by atoms with Crippen LogP contribution in [0.15, 0.2) is 17.1 Å². The van der Waals surface area contributed by atoms with Gasteiger partial charge in [0.05, 0.1) is 6.04 Å². The predicted molar refractivity (Wildman–Crippen MR) is 82.8 cm³/mol. The van der Waals surface area contributed by atoms with Gasteiger partial charge in [-0.2, -0.15) is 0 Å². The van der Waals surface area contributed by atoms with Crippen LogP contribution in [0.4, 0.5) is 5.69 Å². The molecule has 2 nitrogen and oxygen atoms in total. The molecule has 0 spiro atoms. The zero-order valence-corrected chi connectivity index (χ0v) is 12.7. The normalized spacial score (nSPS) is 23.7. The molecule has 2 unspecified atom stereocenters. The van der Waals surface area contributed by atoms with E-state index in [4.69, 9.17) is 4.99 Å². The smallest absolute Gasteiger partial charge is 0.161 e. The third kappa shape index (κ3) is 2.89. The Morgan fingerprint density at radius 1 is 1.17 bits per heavy atom. The maximum absolute atomic E-state index is 4.73. The average molecular weight is 262 g/mol. The second kappa shape index (κ2) is 5.35. The SMILES string of the molecule is Cc1cc(C)c(NC2=NC(C)C(C)CS2)c(C)c1. The van der Waals surface area contributed by atoms with Gasteiger partial charge in [0.1, 0.15) is 0 Å². The lowest BCUT2D eigenvalue weighted by atomic mass is 10.1. The van der Waals surface area contributed by atoms with E-state index in [2.05, 4.69) is 52.1 Å². The fourth-order valence-corrected chi connectivity index (χ4v) is 3.37. The quantitative estimate of drug-likeness (QED) is 0.822. The van der Waals surface area contributed by atoms with Crippen molar-refractivity contribution in [1.82, 2.24) is 0 Å². The molecule has 2 atom stereocenters. The summed E-state index contributed by atoms with van der Waals surface area (Å²) < 4.78 is 0. The first kappa shape index (κ1) is 13.5. The minimum absolute atomic E-state index is 0.416. The van der Waals surface area contributed by atoms with Gasteiger partial charge in [-0.3, -0.25) is 4.99 Å². The van der Waals surface area contributed by atoms with Crippen molar-refractivity contribution in [1.29, 1.82) is 0 Å². The molecule has 0 bridgehead atoms. The fraction of sp³-hybridized carbons (Fsp3) is 0.533. The molecule has 1 aromatic rings. The molecule has 2 rings (SSSR count). The number of anilines is 1. The second-order valence-electron chi connectivity index (χ2n) is 5.36. The van der Waals surface area contributed by atoms with Crippen LogP contribution in [0.5, 0.6) is 0 Å². The minimum Gasteiger partial charge on any atom is -0.335 e. The van der Waals surface area contributed by atoms with Gasteiger partial charge in [0, 0.05) is 11.4 Å². The summed E-state index contributed by atoms with van der Waals surface area (Å²) in [5, 5.41) is 4.57. The summed E-state index contributed by atoms with van der Waals surface area (Å²) in [5.41, 5.74) is 5.12. The number of rotatable bonds is 1. The van der Waals surface area contributed by atoms with Gasteiger partial charge < -0.3 is 5.32 Å². The van der Waals surface area contributed by atoms with E-state index in [0.717, 1.165) is 10.9 Å². The first-order valence-corrected chi connectivity index (χ1v) is 7.51. The number of nitrogens with zero attached hydrogens (tertiary/aromatic N) is 1. The van der Waals surface area contributed by atoms with Crippen LogP contribution in [-0.4, -0.2) is 17.0 Å². The summed E-state index contributed by atoms with van der Waals surface area (Å²) in [6.07, 6.45) is 0. The van der Waals surface area contributed by atoms with E-state index in [9.17, 15) is 0 Å². The summed E-state index contributed by atoms with van der Waals surface area (Å²) in [5.74, 6) is 1.82. The molecular formula is C15H22N2S. The second-order valence-corrected chi connectivity index (χ2v) is 6.37. The lowest BCUT2D eigenvalue weighted by Gasteiger charge is -2.24. The Morgan fingerprint density at radius 3 is 2.33 bits per heavy atom. The Bertz CT molecular complexity index is 456. The number of aryl methyl sites for hydroxylation is 3. The Balaban J connectivity index is 2.23. The van der Waals surface area contributed by atoms with Crippen molar-refractivity contribution in [3.05, 3.63) is 28.8 Å². The molecule has 1 aliphatic heterocycles. The van der Waals surface area contributed by atoms with Gasteiger partial charge in [-0.05, 0) is 44.7 Å². The molecule has 0 saturated heterocycles. The molecule has 0 amide bonds. The highest BCUT2D eigenvalue weighted by Gasteiger charge is 2.19. The first-order chi connectivity index (χ1) is 8.47. The van der Waals surface area contributed by atoms with Crippen LogP contribution in [0.2, 0.25) is 0 Å². The number of amidine groups is 1. The summed E-state index contributed by atoms with van der Waals surface area (Å²) in [7, 11) is 0. The van der Waals surface area contributed by atoms with Crippen LogP contribution in [0, 0.1) is 26.7 Å². The standard InChI is InChI=1S/C15H22N2S/c1-9-6-10(2)14(11(3)7-9)17-15-16-13(5)12(4)8-18-15/h6-7,12-13H,8H2,1-5H3,(H,16,17). The predicted octanol–water partition coefficient (Wildman–Crippen LogP) is 4.15. The molecule has 98 valence electrons. The van der Waals surface area contributed by atoms with Crippen molar-refractivity contribution in [2.24, 2.45) is 10.9 Å². The van der Waals surface area contributed by atoms with Crippen LogP contribution in [0.25, 0.3) is 0 Å². The number of hydrogen-bond donors (Lipinski definition) is 1. The summed E-state index contributed by atoms with van der Waals surface area (Å²) in [6.45, 7) is 10.9. The van der Waals surface area contributed by atoms with Gasteiger partial charge in [0.2, 0.25) is 0 Å². The Morgan fingerprint density at radius 2 is 1.78 bits per heavy atom. The van der Waals surface area contributed by atoms with Gasteiger partial charge in [0.25, 0.3) is 0 Å². The highest BCUT2D eigenvalue weighted by molar-refractivity contribution is 8.14. The maximum Gasteiger partial charge on any atom is 0.161 e. The summed E-state index contributed by atoms with van der Waals surface area (Å²) in [4.78, 5) is 4.73. The van der Waals surface area contributed by atoms with E-state index in [1.165, 1.54) is 22.4 Å². The van der Waals surface area contributed by atoms with Crippen molar-refractivity contribution < 1.29 is 0 Å². The number of nitrogens with one attached hydrogen (secondary N) is 1. The van der Waals surface area contributed by atoms with Crippen molar-refractivity contribution in [3.63, 3.8) is 0 Å². The Kier molecular flexibility index (Phi) is 4.00. The highest BCUT2D eigenvalue weighted by atomic mass is 32.2. The Hall–Kier alpha value is -0.960. The molecule has 1 N–H and O–H groups in total. The van der Waals surface area contributed by atoms with Crippen LogP contribution in [0.3, 0.4) is 0 Å². The number of aliphatic imine (C=N–C) groups is 1. The third-order valence-corrected chi connectivity index (χ3v) is 4.71. The van der Waals surface area contributed by atoms with E-state index in [1.807, 2.05) is 11.8 Å². The third-order valence-electron chi connectivity index (χ3n) is 3.54. The monoisotopic (exact) mass is 262 g/mol. The van der Waals surface area contributed by atoms with Crippen LogP contribution < -0.4 is 5.32 Å². The highest BCUT2D eigenvalue weighted by Crippen LogP contribution is 2.27. The zero-order valence-electron chi connectivity index (χ0n) is 11.9. The van der Waals surface area contributed by atoms with Gasteiger partial charge in [0.15, 0.2) is 5.17 Å². The molecule has 1 aromatic carbocycles. The molecule has 3 heteroatoms. The maximum atomic E-state index is 4.73. The molecule has 0 radical (unpaired) electrons. The topological polar surface area (TPSA) is 24.4 Å². The van der Waals surface area contributed by atoms with E-state index < -0.39 is 0 Å². The van der Waals surface area contributed by atoms with Crippen LogP contribution in [-0.2, 0) is 0 Å². The molecule has 0 saturated carbocycles. The number of thioether (sulfide) groups is 1. The average Bonchev–Trinajstić information content (AvgIpc) is 2.28. The number of hydrogen-bond acceptors (Lipinski definition) is 3. The van der Waals surface area contributed by atoms with E-state index in [-0.39, 0.29) is 0 Å².